The van der Waals surface area contributed by atoms with Crippen molar-refractivity contribution in [1.82, 2.24) is 19.5 Å². The van der Waals surface area contributed by atoms with Crippen LogP contribution in [-0.2, 0) is 5.41 Å². The maximum atomic E-state index is 6.37. The highest BCUT2D eigenvalue weighted by Gasteiger charge is 2.40. The number of hydrogen-bond acceptors (Lipinski definition) is 4. The van der Waals surface area contributed by atoms with Crippen molar-refractivity contribution in [1.29, 1.82) is 0 Å². The van der Waals surface area contributed by atoms with Crippen LogP contribution in [0.25, 0.3) is 94.7 Å². The summed E-state index contributed by atoms with van der Waals surface area (Å²) in [5.74, 6) is 1.94. The van der Waals surface area contributed by atoms with E-state index in [1.807, 2.05) is 66.7 Å². The van der Waals surface area contributed by atoms with E-state index in [0.717, 1.165) is 33.5 Å². The molecule has 0 radical (unpaired) electrons. The van der Waals surface area contributed by atoms with Crippen molar-refractivity contribution in [3.63, 3.8) is 0 Å². The van der Waals surface area contributed by atoms with E-state index in [1.54, 1.807) is 0 Å². The Morgan fingerprint density at radius 2 is 0.962 bits per heavy atom. The Morgan fingerprint density at radius 1 is 0.434 bits per heavy atom. The molecule has 7 aromatic carbocycles. The molecule has 1 aliphatic carbocycles. The Labute approximate surface area is 305 Å². The van der Waals surface area contributed by atoms with Crippen molar-refractivity contribution in [2.45, 2.75) is 19.3 Å². The predicted octanol–water partition coefficient (Wildman–Crippen LogP) is 12.2. The first kappa shape index (κ1) is 29.8. The number of para-hydroxylation sites is 2. The molecule has 11 rings (SSSR count). The minimum Gasteiger partial charge on any atom is -0.456 e. The molecule has 3 heterocycles. The molecule has 0 fully saturated rings. The SMILES string of the molecule is CC1(C)c2c(ccc3oc4ccccc4c23)-c2ccc3c(c21)c1ccccc1n3-c1ccc(-c2nc(-c3ccccc3)nc(-c3ccccc3)n2)cc1. The van der Waals surface area contributed by atoms with E-state index in [2.05, 4.69) is 109 Å². The lowest BCUT2D eigenvalue weighted by Crippen LogP contribution is -2.16. The maximum Gasteiger partial charge on any atom is 0.164 e. The number of benzene rings is 7. The third kappa shape index (κ3) is 4.34. The van der Waals surface area contributed by atoms with Crippen molar-refractivity contribution in [2.24, 2.45) is 0 Å². The molecule has 0 amide bonds. The number of fused-ring (bicyclic) bond motifs is 11. The monoisotopic (exact) mass is 680 g/mol. The normalized spacial score (nSPS) is 13.2. The van der Waals surface area contributed by atoms with E-state index >= 15 is 0 Å². The average molecular weight is 681 g/mol. The zero-order valence-electron chi connectivity index (χ0n) is 29.2. The van der Waals surface area contributed by atoms with Crippen LogP contribution < -0.4 is 0 Å². The molecule has 250 valence electrons. The summed E-state index contributed by atoms with van der Waals surface area (Å²) in [6.45, 7) is 4.75. The van der Waals surface area contributed by atoms with Crippen LogP contribution in [0.3, 0.4) is 0 Å². The highest BCUT2D eigenvalue weighted by molar-refractivity contribution is 6.17. The Balaban J connectivity index is 1.08. The van der Waals surface area contributed by atoms with Crippen LogP contribution in [-0.4, -0.2) is 19.5 Å². The minimum atomic E-state index is -0.263. The highest BCUT2D eigenvalue weighted by atomic mass is 16.3. The van der Waals surface area contributed by atoms with Crippen LogP contribution >= 0.6 is 0 Å². The molecule has 0 saturated heterocycles. The molecular weight excluding hydrogens is 649 g/mol. The molecule has 5 nitrogen and oxygen atoms in total. The Kier molecular flexibility index (Phi) is 6.23. The van der Waals surface area contributed by atoms with E-state index in [1.165, 1.54) is 54.8 Å². The van der Waals surface area contributed by atoms with Gasteiger partial charge in [-0.2, -0.15) is 0 Å². The average Bonchev–Trinajstić information content (AvgIpc) is 3.83. The van der Waals surface area contributed by atoms with Gasteiger partial charge in [-0.1, -0.05) is 123 Å². The number of nitrogens with zero attached hydrogens (tertiary/aromatic N) is 4. The Hall–Kier alpha value is -6.85. The first-order chi connectivity index (χ1) is 26.0. The first-order valence-electron chi connectivity index (χ1n) is 18.0. The quantitative estimate of drug-likeness (QED) is 0.186. The molecule has 10 aromatic rings. The second kappa shape index (κ2) is 11.1. The second-order valence-corrected chi connectivity index (χ2v) is 14.4. The van der Waals surface area contributed by atoms with E-state index in [-0.39, 0.29) is 5.41 Å². The largest absolute Gasteiger partial charge is 0.456 e. The van der Waals surface area contributed by atoms with Gasteiger partial charge < -0.3 is 8.98 Å². The zero-order chi connectivity index (χ0) is 35.3. The van der Waals surface area contributed by atoms with Crippen molar-refractivity contribution in [2.75, 3.05) is 0 Å². The lowest BCUT2D eigenvalue weighted by molar-refractivity contribution is 0.660. The van der Waals surface area contributed by atoms with Gasteiger partial charge in [-0.25, -0.2) is 15.0 Å². The van der Waals surface area contributed by atoms with Crippen molar-refractivity contribution >= 4 is 43.7 Å². The van der Waals surface area contributed by atoms with Crippen LogP contribution in [0.15, 0.2) is 162 Å². The minimum absolute atomic E-state index is 0.263. The number of rotatable bonds is 4. The standard InChI is InChI=1S/C48H32N4O/c1-48(2)43-33(34-26-28-40-42(44(34)48)36-18-10-12-20-39(36)53-40)25-27-38-41(43)35-17-9-11-19-37(35)52(38)32-23-21-31(22-24-32)47-50-45(29-13-5-3-6-14-29)49-46(51-47)30-15-7-4-8-16-30/h3-28H,1-2H3. The molecule has 0 aliphatic heterocycles. The third-order valence-electron chi connectivity index (χ3n) is 11.0. The lowest BCUT2D eigenvalue weighted by Gasteiger charge is -2.23. The van der Waals surface area contributed by atoms with Crippen LogP contribution in [0.2, 0.25) is 0 Å². The molecule has 0 spiro atoms. The van der Waals surface area contributed by atoms with Gasteiger partial charge in [-0.15, -0.1) is 0 Å². The van der Waals surface area contributed by atoms with Crippen LogP contribution in [0, 0.1) is 0 Å². The van der Waals surface area contributed by atoms with Crippen molar-refractivity contribution in [3.05, 3.63) is 169 Å². The number of aromatic nitrogens is 4. The summed E-state index contributed by atoms with van der Waals surface area (Å²) in [5.41, 5.74) is 13.2. The van der Waals surface area contributed by atoms with E-state index in [9.17, 15) is 0 Å². The molecule has 1 aliphatic rings. The summed E-state index contributed by atoms with van der Waals surface area (Å²) >= 11 is 0. The second-order valence-electron chi connectivity index (χ2n) is 14.4. The molecule has 53 heavy (non-hydrogen) atoms. The van der Waals surface area contributed by atoms with E-state index in [4.69, 9.17) is 19.4 Å². The van der Waals surface area contributed by atoms with Gasteiger partial charge in [-0.05, 0) is 70.8 Å². The number of hydrogen-bond donors (Lipinski definition) is 0. The van der Waals surface area contributed by atoms with Gasteiger partial charge in [-0.3, -0.25) is 0 Å². The fourth-order valence-electron chi connectivity index (χ4n) is 8.72. The highest BCUT2D eigenvalue weighted by Crippen LogP contribution is 2.56. The Bertz CT molecular complexity index is 3010. The van der Waals surface area contributed by atoms with Gasteiger partial charge >= 0.3 is 0 Å². The summed E-state index contributed by atoms with van der Waals surface area (Å²) in [5, 5.41) is 4.93. The third-order valence-corrected chi connectivity index (χ3v) is 11.0. The fourth-order valence-corrected chi connectivity index (χ4v) is 8.72. The topological polar surface area (TPSA) is 56.7 Å². The van der Waals surface area contributed by atoms with Crippen LogP contribution in [0.5, 0.6) is 0 Å². The molecule has 0 unspecified atom stereocenters. The van der Waals surface area contributed by atoms with Gasteiger partial charge in [0.05, 0.1) is 11.0 Å². The van der Waals surface area contributed by atoms with Gasteiger partial charge in [0.15, 0.2) is 17.5 Å². The van der Waals surface area contributed by atoms with Crippen LogP contribution in [0.4, 0.5) is 0 Å². The summed E-state index contributed by atoms with van der Waals surface area (Å²) in [4.78, 5) is 14.8. The van der Waals surface area contributed by atoms with Gasteiger partial charge in [0.25, 0.3) is 0 Å². The predicted molar refractivity (Wildman–Crippen MR) is 215 cm³/mol. The van der Waals surface area contributed by atoms with Crippen molar-refractivity contribution in [3.8, 4) is 51.0 Å². The molecule has 3 aromatic heterocycles. The fraction of sp³-hybridized carbons (Fsp3) is 0.0625. The van der Waals surface area contributed by atoms with Crippen LogP contribution in [0.1, 0.15) is 25.0 Å². The Morgan fingerprint density at radius 3 is 1.62 bits per heavy atom. The number of furan rings is 1. The summed E-state index contributed by atoms with van der Waals surface area (Å²) in [7, 11) is 0. The summed E-state index contributed by atoms with van der Waals surface area (Å²) in [6, 6.07) is 55.0. The zero-order valence-corrected chi connectivity index (χ0v) is 29.2. The molecule has 5 heteroatoms. The first-order valence-corrected chi connectivity index (χ1v) is 18.0. The molecule has 0 atom stereocenters. The summed E-state index contributed by atoms with van der Waals surface area (Å²) < 4.78 is 8.77. The molecule has 0 N–H and O–H groups in total. The van der Waals surface area contributed by atoms with E-state index in [0.29, 0.717) is 17.5 Å². The molecule has 0 bridgehead atoms. The summed E-state index contributed by atoms with van der Waals surface area (Å²) in [6.07, 6.45) is 0. The smallest absolute Gasteiger partial charge is 0.164 e. The molecule has 0 saturated carbocycles. The van der Waals surface area contributed by atoms with E-state index < -0.39 is 0 Å². The van der Waals surface area contributed by atoms with Gasteiger partial charge in [0.1, 0.15) is 11.2 Å². The van der Waals surface area contributed by atoms with Gasteiger partial charge in [0, 0.05) is 49.3 Å². The maximum absolute atomic E-state index is 6.37. The van der Waals surface area contributed by atoms with Crippen molar-refractivity contribution < 1.29 is 4.42 Å². The van der Waals surface area contributed by atoms with Gasteiger partial charge in [0.2, 0.25) is 0 Å². The molecular formula is C48H32N4O. The lowest BCUT2D eigenvalue weighted by atomic mass is 9.79.